The highest BCUT2D eigenvalue weighted by molar-refractivity contribution is 5.71. The molecule has 0 aromatic heterocycles. The van der Waals surface area contributed by atoms with E-state index in [0.29, 0.717) is 19.3 Å². The van der Waals surface area contributed by atoms with Gasteiger partial charge in [-0.3, -0.25) is 14.4 Å². The molecule has 322 valence electrons. The number of esters is 3. The zero-order chi connectivity index (χ0) is 40.8. The molecule has 0 aliphatic carbocycles. The van der Waals surface area contributed by atoms with Crippen LogP contribution in [0.3, 0.4) is 0 Å². The average Bonchev–Trinajstić information content (AvgIpc) is 3.19. The molecular formula is C50H86O6. The maximum Gasteiger partial charge on any atom is 0.306 e. The standard InChI is InChI=1S/C50H86O6/c1-4-7-10-13-16-19-22-24-25-26-27-29-31-34-37-40-43-49(52)55-46-47(45-54-48(51)42-39-36-33-30-21-18-15-12-9-6-3)56-50(53)44-41-38-35-32-28-23-20-17-14-11-8-5-2/h7,10,16-17,19-20,24-25,27,29,47H,4-6,8-9,11-15,18,21-23,26,28,30-46H2,1-3H3/b10-7-,19-16-,20-17-,25-24-,29-27-. The third kappa shape index (κ3) is 42.3. The Morgan fingerprint density at radius 1 is 0.375 bits per heavy atom. The first kappa shape index (κ1) is 53.1. The van der Waals surface area contributed by atoms with Crippen molar-refractivity contribution in [2.45, 2.75) is 226 Å². The van der Waals surface area contributed by atoms with E-state index in [0.717, 1.165) is 103 Å². The van der Waals surface area contributed by atoms with Crippen molar-refractivity contribution in [3.8, 4) is 0 Å². The summed E-state index contributed by atoms with van der Waals surface area (Å²) in [5.74, 6) is -0.932. The van der Waals surface area contributed by atoms with Crippen LogP contribution >= 0.6 is 0 Å². The Hall–Kier alpha value is -2.89. The van der Waals surface area contributed by atoms with Crippen LogP contribution in [0.5, 0.6) is 0 Å². The lowest BCUT2D eigenvalue weighted by Gasteiger charge is -2.18. The van der Waals surface area contributed by atoms with Crippen LogP contribution in [0.25, 0.3) is 0 Å². The van der Waals surface area contributed by atoms with Crippen molar-refractivity contribution in [3.05, 3.63) is 60.8 Å². The molecule has 0 saturated carbocycles. The monoisotopic (exact) mass is 783 g/mol. The number of hydrogen-bond donors (Lipinski definition) is 0. The van der Waals surface area contributed by atoms with Gasteiger partial charge in [0.2, 0.25) is 0 Å². The van der Waals surface area contributed by atoms with Crippen LogP contribution in [0.15, 0.2) is 60.8 Å². The minimum atomic E-state index is -0.787. The Morgan fingerprint density at radius 2 is 0.696 bits per heavy atom. The molecule has 0 aliphatic heterocycles. The zero-order valence-corrected chi connectivity index (χ0v) is 36.6. The number of carbonyl (C=O) groups is 3. The van der Waals surface area contributed by atoms with Crippen LogP contribution in [0.2, 0.25) is 0 Å². The predicted molar refractivity (Wildman–Crippen MR) is 238 cm³/mol. The van der Waals surface area contributed by atoms with E-state index < -0.39 is 6.10 Å². The SMILES string of the molecule is CC/C=C\C/C=C\C/C=C\C/C=C\CCCCCC(=O)OCC(COC(=O)CCCCCCCCCCCC)OC(=O)CCCCCCC/C=C\CCCCC. The molecular weight excluding hydrogens is 697 g/mol. The first-order chi connectivity index (χ1) is 27.5. The summed E-state index contributed by atoms with van der Waals surface area (Å²) in [7, 11) is 0. The molecule has 0 aliphatic rings. The smallest absolute Gasteiger partial charge is 0.306 e. The minimum Gasteiger partial charge on any atom is -0.462 e. The van der Waals surface area contributed by atoms with Crippen molar-refractivity contribution in [2.75, 3.05) is 13.2 Å². The van der Waals surface area contributed by atoms with E-state index in [1.54, 1.807) is 0 Å². The van der Waals surface area contributed by atoms with E-state index in [-0.39, 0.29) is 31.1 Å². The molecule has 0 rings (SSSR count). The van der Waals surface area contributed by atoms with Crippen molar-refractivity contribution in [2.24, 2.45) is 0 Å². The molecule has 0 aromatic carbocycles. The molecule has 6 heteroatoms. The van der Waals surface area contributed by atoms with Crippen LogP contribution in [0.1, 0.15) is 220 Å². The van der Waals surface area contributed by atoms with Gasteiger partial charge in [0.15, 0.2) is 6.10 Å². The fraction of sp³-hybridized carbons (Fsp3) is 0.740. The largest absolute Gasteiger partial charge is 0.462 e. The van der Waals surface area contributed by atoms with Gasteiger partial charge in [0.1, 0.15) is 13.2 Å². The normalized spacial score (nSPS) is 12.6. The van der Waals surface area contributed by atoms with Gasteiger partial charge in [-0.15, -0.1) is 0 Å². The Morgan fingerprint density at radius 3 is 1.16 bits per heavy atom. The molecule has 6 nitrogen and oxygen atoms in total. The van der Waals surface area contributed by atoms with Crippen LogP contribution in [-0.2, 0) is 28.6 Å². The van der Waals surface area contributed by atoms with Crippen molar-refractivity contribution in [1.29, 1.82) is 0 Å². The Kier molecular flexibility index (Phi) is 42.5. The van der Waals surface area contributed by atoms with Crippen molar-refractivity contribution in [3.63, 3.8) is 0 Å². The quantitative estimate of drug-likeness (QED) is 0.0266. The van der Waals surface area contributed by atoms with Crippen LogP contribution < -0.4 is 0 Å². The fourth-order valence-electron chi connectivity index (χ4n) is 6.25. The van der Waals surface area contributed by atoms with E-state index in [1.807, 2.05) is 0 Å². The summed E-state index contributed by atoms with van der Waals surface area (Å²) in [5, 5.41) is 0. The molecule has 0 amide bonds. The van der Waals surface area contributed by atoms with Gasteiger partial charge in [0.05, 0.1) is 0 Å². The molecule has 0 aromatic rings. The maximum absolute atomic E-state index is 12.7. The molecule has 56 heavy (non-hydrogen) atoms. The minimum absolute atomic E-state index is 0.0869. The first-order valence-electron chi connectivity index (χ1n) is 23.3. The molecule has 1 unspecified atom stereocenters. The summed E-state index contributed by atoms with van der Waals surface area (Å²) in [4.78, 5) is 37.7. The molecule has 0 spiro atoms. The molecule has 0 saturated heterocycles. The zero-order valence-electron chi connectivity index (χ0n) is 36.6. The lowest BCUT2D eigenvalue weighted by atomic mass is 10.1. The maximum atomic E-state index is 12.7. The molecule has 1 atom stereocenters. The molecule has 0 bridgehead atoms. The number of carbonyl (C=O) groups excluding carboxylic acids is 3. The third-order valence-electron chi connectivity index (χ3n) is 9.76. The van der Waals surface area contributed by atoms with Gasteiger partial charge in [-0.1, -0.05) is 178 Å². The second-order valence-corrected chi connectivity index (χ2v) is 15.3. The van der Waals surface area contributed by atoms with Crippen molar-refractivity contribution >= 4 is 17.9 Å². The number of hydrogen-bond acceptors (Lipinski definition) is 6. The average molecular weight is 783 g/mol. The van der Waals surface area contributed by atoms with Gasteiger partial charge in [-0.25, -0.2) is 0 Å². The van der Waals surface area contributed by atoms with Gasteiger partial charge in [0.25, 0.3) is 0 Å². The van der Waals surface area contributed by atoms with Crippen molar-refractivity contribution < 1.29 is 28.6 Å². The highest BCUT2D eigenvalue weighted by Crippen LogP contribution is 2.13. The van der Waals surface area contributed by atoms with E-state index in [9.17, 15) is 14.4 Å². The van der Waals surface area contributed by atoms with Gasteiger partial charge < -0.3 is 14.2 Å². The number of unbranched alkanes of at least 4 members (excludes halogenated alkanes) is 20. The molecule has 0 fully saturated rings. The Labute approximate surface area is 345 Å². The fourth-order valence-corrected chi connectivity index (χ4v) is 6.25. The lowest BCUT2D eigenvalue weighted by molar-refractivity contribution is -0.167. The second kappa shape index (κ2) is 44.8. The highest BCUT2D eigenvalue weighted by Gasteiger charge is 2.19. The van der Waals surface area contributed by atoms with Gasteiger partial charge in [0, 0.05) is 19.3 Å². The Bertz CT molecular complexity index is 1040. The summed E-state index contributed by atoms with van der Waals surface area (Å²) in [6, 6.07) is 0. The van der Waals surface area contributed by atoms with Gasteiger partial charge in [-0.2, -0.15) is 0 Å². The molecule has 0 radical (unpaired) electrons. The van der Waals surface area contributed by atoms with Crippen LogP contribution in [0, 0.1) is 0 Å². The molecule has 0 N–H and O–H groups in total. The summed E-state index contributed by atoms with van der Waals surface area (Å²) in [5.41, 5.74) is 0. The predicted octanol–water partition coefficient (Wildman–Crippen LogP) is 14.9. The topological polar surface area (TPSA) is 78.9 Å². The molecule has 0 heterocycles. The van der Waals surface area contributed by atoms with Gasteiger partial charge >= 0.3 is 17.9 Å². The lowest BCUT2D eigenvalue weighted by Crippen LogP contribution is -2.30. The van der Waals surface area contributed by atoms with Crippen LogP contribution in [-0.4, -0.2) is 37.2 Å². The summed E-state index contributed by atoms with van der Waals surface area (Å²) < 4.78 is 16.7. The second-order valence-electron chi connectivity index (χ2n) is 15.3. The van der Waals surface area contributed by atoms with E-state index in [4.69, 9.17) is 14.2 Å². The van der Waals surface area contributed by atoms with Crippen LogP contribution in [0.4, 0.5) is 0 Å². The van der Waals surface area contributed by atoms with Crippen molar-refractivity contribution in [1.82, 2.24) is 0 Å². The number of allylic oxidation sites excluding steroid dienone is 10. The first-order valence-corrected chi connectivity index (χ1v) is 23.3. The summed E-state index contributed by atoms with van der Waals surface area (Å²) in [6.07, 6.45) is 53.4. The van der Waals surface area contributed by atoms with E-state index in [1.165, 1.54) is 77.0 Å². The summed E-state index contributed by atoms with van der Waals surface area (Å²) >= 11 is 0. The Balaban J connectivity index is 4.43. The highest BCUT2D eigenvalue weighted by atomic mass is 16.6. The van der Waals surface area contributed by atoms with Gasteiger partial charge in [-0.05, 0) is 83.5 Å². The van der Waals surface area contributed by atoms with E-state index >= 15 is 0 Å². The summed E-state index contributed by atoms with van der Waals surface area (Å²) in [6.45, 7) is 6.44. The van der Waals surface area contributed by atoms with E-state index in [2.05, 4.69) is 81.5 Å². The number of rotatable bonds is 41. The number of ether oxygens (including phenoxy) is 3. The third-order valence-corrected chi connectivity index (χ3v) is 9.76.